The van der Waals surface area contributed by atoms with Crippen molar-refractivity contribution in [1.29, 1.82) is 0 Å². The molecule has 28 heavy (non-hydrogen) atoms. The molecule has 0 unspecified atom stereocenters. The Hall–Kier alpha value is -2.19. The standard InChI is InChI=1S/C24H25O3P/c1-18-19(14-15-22-23(18)27-24(2,3)26-22)16-17-28(25,20-10-6-4-7-11-20)21-12-8-5-9-13-21/h4-16,22-23H,1,17H2,2-3H3/b19-16-/t22-,23-/m1/s1. The van der Waals surface area contributed by atoms with Crippen molar-refractivity contribution in [3.05, 3.63) is 96.6 Å². The summed E-state index contributed by atoms with van der Waals surface area (Å²) in [7, 11) is -2.79. The number of allylic oxidation sites excluding steroid dienone is 2. The van der Waals surface area contributed by atoms with E-state index in [1.165, 1.54) is 0 Å². The van der Waals surface area contributed by atoms with E-state index in [4.69, 9.17) is 9.47 Å². The van der Waals surface area contributed by atoms with E-state index in [1.807, 2.05) is 92.7 Å². The van der Waals surface area contributed by atoms with Crippen LogP contribution in [0.25, 0.3) is 0 Å². The molecule has 3 nitrogen and oxygen atoms in total. The molecule has 0 saturated carbocycles. The fourth-order valence-corrected chi connectivity index (χ4v) is 6.27. The first-order chi connectivity index (χ1) is 13.4. The average Bonchev–Trinajstić information content (AvgIpc) is 3.04. The van der Waals surface area contributed by atoms with Gasteiger partial charge in [-0.15, -0.1) is 0 Å². The number of rotatable bonds is 4. The molecule has 2 aromatic rings. The molecular formula is C24H25O3P. The fraction of sp³-hybridized carbons (Fsp3) is 0.250. The lowest BCUT2D eigenvalue weighted by Gasteiger charge is -2.23. The van der Waals surface area contributed by atoms with Crippen LogP contribution in [0.3, 0.4) is 0 Å². The fourth-order valence-electron chi connectivity index (χ4n) is 3.79. The number of hydrogen-bond acceptors (Lipinski definition) is 3. The van der Waals surface area contributed by atoms with Crippen LogP contribution in [0.2, 0.25) is 0 Å². The highest BCUT2D eigenvalue weighted by molar-refractivity contribution is 7.78. The first-order valence-electron chi connectivity index (χ1n) is 9.52. The summed E-state index contributed by atoms with van der Waals surface area (Å²) >= 11 is 0. The summed E-state index contributed by atoms with van der Waals surface area (Å²) in [6, 6.07) is 19.4. The van der Waals surface area contributed by atoms with Gasteiger partial charge < -0.3 is 14.0 Å². The van der Waals surface area contributed by atoms with Crippen LogP contribution in [0.5, 0.6) is 0 Å². The van der Waals surface area contributed by atoms with Gasteiger partial charge in [0.15, 0.2) is 5.79 Å². The van der Waals surface area contributed by atoms with Gasteiger partial charge in [-0.3, -0.25) is 0 Å². The van der Waals surface area contributed by atoms with E-state index in [2.05, 4.69) is 6.58 Å². The maximum absolute atomic E-state index is 14.1. The Morgan fingerprint density at radius 2 is 1.57 bits per heavy atom. The van der Waals surface area contributed by atoms with Crippen LogP contribution in [0.1, 0.15) is 13.8 Å². The second kappa shape index (κ2) is 7.33. The van der Waals surface area contributed by atoms with E-state index in [0.717, 1.165) is 21.8 Å². The molecule has 0 amide bonds. The monoisotopic (exact) mass is 392 g/mol. The summed E-state index contributed by atoms with van der Waals surface area (Å²) in [5, 5.41) is 1.73. The zero-order valence-corrected chi connectivity index (χ0v) is 17.1. The highest BCUT2D eigenvalue weighted by Gasteiger charge is 2.43. The number of ether oxygens (including phenoxy) is 2. The van der Waals surface area contributed by atoms with Crippen LogP contribution in [0, 0.1) is 0 Å². The van der Waals surface area contributed by atoms with E-state index in [1.54, 1.807) is 0 Å². The van der Waals surface area contributed by atoms with Gasteiger partial charge in [0, 0.05) is 16.8 Å². The Morgan fingerprint density at radius 1 is 1.00 bits per heavy atom. The summed E-state index contributed by atoms with van der Waals surface area (Å²) in [5.41, 5.74) is 1.85. The lowest BCUT2D eigenvalue weighted by Crippen LogP contribution is -2.26. The van der Waals surface area contributed by atoms with Crippen LogP contribution in [-0.4, -0.2) is 24.2 Å². The second-order valence-corrected chi connectivity index (χ2v) is 10.5. The van der Waals surface area contributed by atoms with Crippen LogP contribution >= 0.6 is 7.14 Å². The lowest BCUT2D eigenvalue weighted by molar-refractivity contribution is -0.139. The Morgan fingerprint density at radius 3 is 2.14 bits per heavy atom. The smallest absolute Gasteiger partial charge is 0.164 e. The summed E-state index contributed by atoms with van der Waals surface area (Å²) in [5.74, 6) is -0.624. The van der Waals surface area contributed by atoms with Crippen molar-refractivity contribution < 1.29 is 14.0 Å². The minimum absolute atomic E-state index is 0.116. The molecule has 1 aliphatic carbocycles. The Kier molecular flexibility index (Phi) is 5.01. The highest BCUT2D eigenvalue weighted by Crippen LogP contribution is 2.45. The molecule has 0 bridgehead atoms. The van der Waals surface area contributed by atoms with Gasteiger partial charge in [0.25, 0.3) is 0 Å². The summed E-state index contributed by atoms with van der Waals surface area (Å²) < 4.78 is 26.1. The van der Waals surface area contributed by atoms with Gasteiger partial charge in [0.1, 0.15) is 19.3 Å². The van der Waals surface area contributed by atoms with Gasteiger partial charge >= 0.3 is 0 Å². The highest BCUT2D eigenvalue weighted by atomic mass is 31.2. The Labute approximate surface area is 166 Å². The number of hydrogen-bond donors (Lipinski definition) is 0. The molecule has 0 radical (unpaired) electrons. The van der Waals surface area contributed by atoms with Crippen molar-refractivity contribution in [3.63, 3.8) is 0 Å². The van der Waals surface area contributed by atoms with Gasteiger partial charge in [0.05, 0.1) is 0 Å². The molecule has 2 aliphatic rings. The molecule has 144 valence electrons. The van der Waals surface area contributed by atoms with E-state index < -0.39 is 12.9 Å². The third-order valence-corrected chi connectivity index (χ3v) is 8.19. The number of benzene rings is 2. The molecule has 2 atom stereocenters. The van der Waals surface area contributed by atoms with E-state index in [-0.39, 0.29) is 12.2 Å². The van der Waals surface area contributed by atoms with Crippen molar-refractivity contribution in [3.8, 4) is 0 Å². The quantitative estimate of drug-likeness (QED) is 0.715. The molecule has 4 heteroatoms. The zero-order valence-electron chi connectivity index (χ0n) is 16.2. The van der Waals surface area contributed by atoms with Crippen molar-refractivity contribution in [2.75, 3.05) is 6.16 Å². The molecule has 0 N–H and O–H groups in total. The molecule has 0 aromatic heterocycles. The first-order valence-corrected chi connectivity index (χ1v) is 11.4. The van der Waals surface area contributed by atoms with Crippen LogP contribution in [0.15, 0.2) is 96.6 Å². The van der Waals surface area contributed by atoms with Crippen LogP contribution in [-0.2, 0) is 14.0 Å². The summed E-state index contributed by atoms with van der Waals surface area (Å²) in [6.07, 6.45) is 6.17. The normalized spacial score (nSPS) is 25.1. The number of fused-ring (bicyclic) bond motifs is 1. The third-order valence-electron chi connectivity index (χ3n) is 5.22. The molecule has 0 spiro atoms. The minimum Gasteiger partial charge on any atom is -0.340 e. The van der Waals surface area contributed by atoms with Crippen LogP contribution < -0.4 is 10.6 Å². The molecule has 1 saturated heterocycles. The van der Waals surface area contributed by atoms with Gasteiger partial charge in [-0.1, -0.05) is 85.5 Å². The Balaban J connectivity index is 1.67. The first kappa shape index (κ1) is 19.1. The molecule has 1 aliphatic heterocycles. The SMILES string of the molecule is C=C1/C(=C\CP(=O)(c2ccccc2)c2ccccc2)C=C[C@H]2OC(C)(C)O[C@H]12. The molecule has 1 heterocycles. The Bertz CT molecular complexity index is 930. The molecule has 4 rings (SSSR count). The second-order valence-electron chi connectivity index (χ2n) is 7.66. The maximum atomic E-state index is 14.1. The predicted octanol–water partition coefficient (Wildman–Crippen LogP) is 4.57. The molecule has 2 aromatic carbocycles. The largest absolute Gasteiger partial charge is 0.340 e. The van der Waals surface area contributed by atoms with E-state index in [0.29, 0.717) is 6.16 Å². The summed E-state index contributed by atoms with van der Waals surface area (Å²) in [4.78, 5) is 0. The topological polar surface area (TPSA) is 35.5 Å². The predicted molar refractivity (Wildman–Crippen MR) is 115 cm³/mol. The molecule has 1 fully saturated rings. The summed E-state index contributed by atoms with van der Waals surface area (Å²) in [6.45, 7) is 8.06. The minimum atomic E-state index is -2.79. The third kappa shape index (κ3) is 3.58. The van der Waals surface area contributed by atoms with Crippen molar-refractivity contribution in [1.82, 2.24) is 0 Å². The van der Waals surface area contributed by atoms with Gasteiger partial charge in [-0.25, -0.2) is 0 Å². The van der Waals surface area contributed by atoms with Crippen molar-refractivity contribution in [2.45, 2.75) is 31.8 Å². The van der Waals surface area contributed by atoms with Crippen molar-refractivity contribution >= 4 is 17.8 Å². The van der Waals surface area contributed by atoms with Crippen LogP contribution in [0.4, 0.5) is 0 Å². The average molecular weight is 392 g/mol. The van der Waals surface area contributed by atoms with E-state index >= 15 is 0 Å². The van der Waals surface area contributed by atoms with E-state index in [9.17, 15) is 4.57 Å². The van der Waals surface area contributed by atoms with Gasteiger partial charge in [-0.05, 0) is 25.0 Å². The van der Waals surface area contributed by atoms with Gasteiger partial charge in [-0.2, -0.15) is 0 Å². The lowest BCUT2D eigenvalue weighted by atomic mass is 9.92. The zero-order chi connectivity index (χ0) is 19.8. The van der Waals surface area contributed by atoms with Gasteiger partial charge in [0.2, 0.25) is 0 Å². The van der Waals surface area contributed by atoms with Crippen molar-refractivity contribution in [2.24, 2.45) is 0 Å². The molecular weight excluding hydrogens is 367 g/mol. The maximum Gasteiger partial charge on any atom is 0.164 e.